The van der Waals surface area contributed by atoms with Gasteiger partial charge in [-0.15, -0.1) is 0 Å². The molecule has 0 saturated heterocycles. The maximum Gasteiger partial charge on any atom is 0.136 e. The molecule has 0 unspecified atom stereocenters. The second-order valence-corrected chi connectivity index (χ2v) is 3.39. The molecule has 0 spiro atoms. The van der Waals surface area contributed by atoms with Crippen LogP contribution in [0, 0.1) is 6.92 Å². The highest BCUT2D eigenvalue weighted by Crippen LogP contribution is 2.17. The Balaban J connectivity index is 3.04. The van der Waals surface area contributed by atoms with Crippen LogP contribution >= 0.6 is 27.5 Å². The first-order chi connectivity index (χ1) is 5.75. The third-order valence-corrected chi connectivity index (χ3v) is 2.21. The van der Waals surface area contributed by atoms with Gasteiger partial charge < -0.3 is 0 Å². The van der Waals surface area contributed by atoms with Crippen molar-refractivity contribution in [1.29, 1.82) is 0 Å². The molecule has 1 nitrogen and oxygen atoms in total. The van der Waals surface area contributed by atoms with Crippen LogP contribution in [-0.2, 0) is 0 Å². The van der Waals surface area contributed by atoms with Crippen LogP contribution in [0.2, 0.25) is 5.15 Å². The maximum absolute atomic E-state index is 5.89. The van der Waals surface area contributed by atoms with Gasteiger partial charge in [0.05, 0.1) is 0 Å². The highest BCUT2D eigenvalue weighted by Gasteiger charge is 1.99. The molecule has 1 heterocycles. The molecule has 3 heteroatoms. The molecule has 0 amide bonds. The minimum Gasteiger partial charge on any atom is -0.244 e. The Hall–Kier alpha value is -0.340. The summed E-state index contributed by atoms with van der Waals surface area (Å²) >= 11 is 9.19. The number of hydrogen-bond acceptors (Lipinski definition) is 1. The minimum atomic E-state index is 0.562. The summed E-state index contributed by atoms with van der Waals surface area (Å²) < 4.78 is 0. The number of rotatable bonds is 2. The van der Waals surface area contributed by atoms with Crippen molar-refractivity contribution in [1.82, 2.24) is 4.98 Å². The summed E-state index contributed by atoms with van der Waals surface area (Å²) in [6.07, 6.45) is 5.68. The van der Waals surface area contributed by atoms with Crippen molar-refractivity contribution in [2.75, 3.05) is 5.33 Å². The topological polar surface area (TPSA) is 12.9 Å². The molecule has 0 saturated carbocycles. The Bertz CT molecular complexity index is 276. The molecule has 64 valence electrons. The normalized spacial score (nSPS) is 10.9. The molecule has 0 bridgehead atoms. The van der Waals surface area contributed by atoms with Crippen LogP contribution in [0.5, 0.6) is 0 Å². The summed E-state index contributed by atoms with van der Waals surface area (Å²) in [7, 11) is 0. The second-order valence-electron chi connectivity index (χ2n) is 2.39. The highest BCUT2D eigenvalue weighted by atomic mass is 79.9. The average Bonchev–Trinajstić information content (AvgIpc) is 2.04. The number of nitrogens with zero attached hydrogens (tertiary/aromatic N) is 1. The molecule has 0 radical (unpaired) electrons. The molecule has 0 N–H and O–H groups in total. The van der Waals surface area contributed by atoms with Gasteiger partial charge in [0.15, 0.2) is 0 Å². The Morgan fingerprint density at radius 2 is 2.42 bits per heavy atom. The van der Waals surface area contributed by atoms with E-state index < -0.39 is 0 Å². The van der Waals surface area contributed by atoms with Crippen molar-refractivity contribution in [3.63, 3.8) is 0 Å². The van der Waals surface area contributed by atoms with Crippen LogP contribution in [0.25, 0.3) is 6.08 Å². The van der Waals surface area contributed by atoms with Gasteiger partial charge in [-0.25, -0.2) is 4.98 Å². The number of allylic oxidation sites excluding steroid dienone is 1. The molecule has 0 atom stereocenters. The Kier molecular flexibility index (Phi) is 3.76. The SMILES string of the molecule is Cc1ccnc(Cl)c1C=CCBr. The number of hydrogen-bond donors (Lipinski definition) is 0. The lowest BCUT2D eigenvalue weighted by molar-refractivity contribution is 1.27. The van der Waals surface area contributed by atoms with Crippen molar-refractivity contribution < 1.29 is 0 Å². The number of pyridine rings is 1. The van der Waals surface area contributed by atoms with Crippen LogP contribution in [0.3, 0.4) is 0 Å². The number of aromatic nitrogens is 1. The van der Waals surface area contributed by atoms with Crippen LogP contribution in [-0.4, -0.2) is 10.3 Å². The monoisotopic (exact) mass is 245 g/mol. The van der Waals surface area contributed by atoms with E-state index in [0.717, 1.165) is 16.5 Å². The quantitative estimate of drug-likeness (QED) is 0.575. The standard InChI is InChI=1S/C9H9BrClN/c1-7-4-6-12-9(11)8(7)3-2-5-10/h2-4,6H,5H2,1H3. The lowest BCUT2D eigenvalue weighted by atomic mass is 10.1. The van der Waals surface area contributed by atoms with Crippen LogP contribution < -0.4 is 0 Å². The molecule has 0 aliphatic heterocycles. The highest BCUT2D eigenvalue weighted by molar-refractivity contribution is 9.09. The number of alkyl halides is 1. The fraction of sp³-hybridized carbons (Fsp3) is 0.222. The first kappa shape index (κ1) is 9.75. The van der Waals surface area contributed by atoms with Gasteiger partial charge in [0, 0.05) is 17.1 Å². The summed E-state index contributed by atoms with van der Waals surface area (Å²) in [5.41, 5.74) is 2.14. The van der Waals surface area contributed by atoms with Crippen molar-refractivity contribution >= 4 is 33.6 Å². The predicted octanol–water partition coefficient (Wildman–Crippen LogP) is 3.45. The van der Waals surface area contributed by atoms with Gasteiger partial charge in [0.2, 0.25) is 0 Å². The second kappa shape index (κ2) is 4.63. The molecule has 12 heavy (non-hydrogen) atoms. The minimum absolute atomic E-state index is 0.562. The molecule has 0 aliphatic rings. The largest absolute Gasteiger partial charge is 0.244 e. The van der Waals surface area contributed by atoms with E-state index in [1.165, 1.54) is 0 Å². The summed E-state index contributed by atoms with van der Waals surface area (Å²) in [6, 6.07) is 1.94. The summed E-state index contributed by atoms with van der Waals surface area (Å²) in [5, 5.41) is 1.39. The van der Waals surface area contributed by atoms with Crippen LogP contribution in [0.1, 0.15) is 11.1 Å². The van der Waals surface area contributed by atoms with Gasteiger partial charge in [-0.2, -0.15) is 0 Å². The third kappa shape index (κ3) is 2.32. The van der Waals surface area contributed by atoms with E-state index in [4.69, 9.17) is 11.6 Å². The molecular weight excluding hydrogens is 237 g/mol. The number of aryl methyl sites for hydroxylation is 1. The first-order valence-electron chi connectivity index (χ1n) is 3.59. The van der Waals surface area contributed by atoms with Crippen molar-refractivity contribution in [3.05, 3.63) is 34.6 Å². The lowest BCUT2D eigenvalue weighted by Crippen LogP contribution is -1.85. The summed E-state index contributed by atoms with van der Waals surface area (Å²) in [6.45, 7) is 2.02. The van der Waals surface area contributed by atoms with E-state index in [0.29, 0.717) is 5.15 Å². The van der Waals surface area contributed by atoms with Crippen molar-refractivity contribution in [2.45, 2.75) is 6.92 Å². The molecule has 1 rings (SSSR count). The lowest BCUT2D eigenvalue weighted by Gasteiger charge is -2.00. The van der Waals surface area contributed by atoms with Crippen LogP contribution in [0.4, 0.5) is 0 Å². The first-order valence-corrected chi connectivity index (χ1v) is 5.09. The Morgan fingerprint density at radius 1 is 1.67 bits per heavy atom. The van der Waals surface area contributed by atoms with E-state index in [9.17, 15) is 0 Å². The van der Waals surface area contributed by atoms with E-state index in [1.807, 2.05) is 25.1 Å². The zero-order valence-electron chi connectivity index (χ0n) is 6.72. The molecular formula is C9H9BrClN. The van der Waals surface area contributed by atoms with Gasteiger partial charge >= 0.3 is 0 Å². The van der Waals surface area contributed by atoms with E-state index in [2.05, 4.69) is 20.9 Å². The third-order valence-electron chi connectivity index (χ3n) is 1.53. The predicted molar refractivity (Wildman–Crippen MR) is 56.8 cm³/mol. The summed E-state index contributed by atoms with van der Waals surface area (Å²) in [4.78, 5) is 3.99. The fourth-order valence-corrected chi connectivity index (χ4v) is 1.35. The zero-order chi connectivity index (χ0) is 8.97. The summed E-state index contributed by atoms with van der Waals surface area (Å²) in [5.74, 6) is 0. The van der Waals surface area contributed by atoms with E-state index in [-0.39, 0.29) is 0 Å². The Morgan fingerprint density at radius 3 is 3.00 bits per heavy atom. The maximum atomic E-state index is 5.89. The fourth-order valence-electron chi connectivity index (χ4n) is 0.899. The van der Waals surface area contributed by atoms with Gasteiger partial charge in [0.1, 0.15) is 5.15 Å². The smallest absolute Gasteiger partial charge is 0.136 e. The molecule has 1 aromatic rings. The van der Waals surface area contributed by atoms with Gasteiger partial charge in [-0.05, 0) is 18.6 Å². The van der Waals surface area contributed by atoms with Gasteiger partial charge in [-0.1, -0.05) is 39.7 Å². The molecule has 0 aliphatic carbocycles. The molecule has 0 fully saturated rings. The van der Waals surface area contributed by atoms with Crippen molar-refractivity contribution in [2.24, 2.45) is 0 Å². The number of halogens is 2. The average molecular weight is 247 g/mol. The van der Waals surface area contributed by atoms with E-state index >= 15 is 0 Å². The van der Waals surface area contributed by atoms with Crippen LogP contribution in [0.15, 0.2) is 18.3 Å². The Labute approximate surface area is 85.6 Å². The van der Waals surface area contributed by atoms with Crippen molar-refractivity contribution in [3.8, 4) is 0 Å². The molecule has 1 aromatic heterocycles. The zero-order valence-corrected chi connectivity index (χ0v) is 9.06. The van der Waals surface area contributed by atoms with Gasteiger partial charge in [0.25, 0.3) is 0 Å². The van der Waals surface area contributed by atoms with E-state index in [1.54, 1.807) is 6.20 Å². The molecule has 0 aromatic carbocycles. The van der Waals surface area contributed by atoms with Gasteiger partial charge in [-0.3, -0.25) is 0 Å².